The van der Waals surface area contributed by atoms with Crippen molar-refractivity contribution >= 4 is 16.0 Å². The number of nitrogens with zero attached hydrogens (tertiary/aromatic N) is 1. The molecular formula is C11H13NO5S. The Morgan fingerprint density at radius 3 is 2.28 bits per heavy atom. The minimum absolute atomic E-state index is 0.00179. The summed E-state index contributed by atoms with van der Waals surface area (Å²) in [5, 5.41) is 17.6. The topological polar surface area (TPSA) is 94.9 Å². The summed E-state index contributed by atoms with van der Waals surface area (Å²) >= 11 is 0. The van der Waals surface area contributed by atoms with Gasteiger partial charge in [0.05, 0.1) is 10.5 Å². The van der Waals surface area contributed by atoms with Gasteiger partial charge in [0.2, 0.25) is 10.0 Å². The monoisotopic (exact) mass is 271 g/mol. The Balaban J connectivity index is 2.18. The fourth-order valence-corrected chi connectivity index (χ4v) is 3.35. The molecule has 1 aromatic carbocycles. The highest BCUT2D eigenvalue weighted by Crippen LogP contribution is 2.24. The summed E-state index contributed by atoms with van der Waals surface area (Å²) in [6.07, 6.45) is 0. The Bertz CT molecular complexity index is 545. The molecule has 98 valence electrons. The molecular weight excluding hydrogens is 258 g/mol. The average Bonchev–Trinajstić information content (AvgIpc) is 2.27. The maximum atomic E-state index is 12.1. The van der Waals surface area contributed by atoms with Crippen LogP contribution >= 0.6 is 0 Å². The van der Waals surface area contributed by atoms with Gasteiger partial charge < -0.3 is 10.2 Å². The van der Waals surface area contributed by atoms with Crippen LogP contribution in [0.4, 0.5) is 0 Å². The van der Waals surface area contributed by atoms with E-state index in [-0.39, 0.29) is 23.0 Å². The van der Waals surface area contributed by atoms with Crippen LogP contribution in [0, 0.1) is 5.92 Å². The molecule has 7 heteroatoms. The first-order chi connectivity index (χ1) is 8.45. The minimum atomic E-state index is -3.56. The lowest BCUT2D eigenvalue weighted by molar-refractivity contribution is 0.0696. The second-order valence-corrected chi connectivity index (χ2v) is 6.14. The van der Waals surface area contributed by atoms with E-state index in [0.29, 0.717) is 13.1 Å². The van der Waals surface area contributed by atoms with E-state index in [1.54, 1.807) is 0 Å². The molecule has 0 aliphatic carbocycles. The molecule has 1 aliphatic rings. The molecule has 0 amide bonds. The van der Waals surface area contributed by atoms with Crippen LogP contribution in [0.25, 0.3) is 0 Å². The molecule has 2 rings (SSSR count). The van der Waals surface area contributed by atoms with Crippen LogP contribution in [0.2, 0.25) is 0 Å². The zero-order valence-corrected chi connectivity index (χ0v) is 10.3. The molecule has 0 radical (unpaired) electrons. The first-order valence-electron chi connectivity index (χ1n) is 5.39. The lowest BCUT2D eigenvalue weighted by atomic mass is 10.1. The molecule has 1 fully saturated rings. The average molecular weight is 271 g/mol. The Labute approximate surface area is 105 Å². The predicted molar refractivity (Wildman–Crippen MR) is 62.7 cm³/mol. The van der Waals surface area contributed by atoms with E-state index in [4.69, 9.17) is 10.2 Å². The van der Waals surface area contributed by atoms with Gasteiger partial charge in [0.15, 0.2) is 0 Å². The fraction of sp³-hybridized carbons (Fsp3) is 0.364. The summed E-state index contributed by atoms with van der Waals surface area (Å²) in [4.78, 5) is 10.7. The lowest BCUT2D eigenvalue weighted by Crippen LogP contribution is -2.51. The largest absolute Gasteiger partial charge is 0.478 e. The molecule has 0 spiro atoms. The standard InChI is InChI=1S/C11H13NO5S/c13-7-8-5-12(6-8)18(16,17)10-3-1-9(2-4-10)11(14)15/h1-4,8,13H,5-7H2,(H,14,15). The first-order valence-corrected chi connectivity index (χ1v) is 6.83. The van der Waals surface area contributed by atoms with Gasteiger partial charge in [-0.1, -0.05) is 0 Å². The van der Waals surface area contributed by atoms with Crippen molar-refractivity contribution in [2.24, 2.45) is 5.92 Å². The molecule has 18 heavy (non-hydrogen) atoms. The Hall–Kier alpha value is -1.44. The van der Waals surface area contributed by atoms with E-state index in [0.717, 1.165) is 0 Å². The Morgan fingerprint density at radius 2 is 1.83 bits per heavy atom. The minimum Gasteiger partial charge on any atom is -0.478 e. The highest BCUT2D eigenvalue weighted by molar-refractivity contribution is 7.89. The number of aliphatic hydroxyl groups excluding tert-OH is 1. The number of carboxylic acid groups (broad SMARTS) is 1. The zero-order chi connectivity index (χ0) is 13.3. The number of rotatable bonds is 4. The van der Waals surface area contributed by atoms with Gasteiger partial charge >= 0.3 is 5.97 Å². The van der Waals surface area contributed by atoms with Gasteiger partial charge in [-0.3, -0.25) is 0 Å². The van der Waals surface area contributed by atoms with E-state index < -0.39 is 16.0 Å². The van der Waals surface area contributed by atoms with Gasteiger partial charge in [-0.15, -0.1) is 0 Å². The normalized spacial score (nSPS) is 17.4. The molecule has 6 nitrogen and oxygen atoms in total. The third-order valence-corrected chi connectivity index (χ3v) is 4.77. The highest BCUT2D eigenvalue weighted by atomic mass is 32.2. The van der Waals surface area contributed by atoms with Crippen LogP contribution in [0.1, 0.15) is 10.4 Å². The van der Waals surface area contributed by atoms with Crippen molar-refractivity contribution in [1.82, 2.24) is 4.31 Å². The summed E-state index contributed by atoms with van der Waals surface area (Å²) < 4.78 is 25.4. The number of hydrogen-bond donors (Lipinski definition) is 2. The van der Waals surface area contributed by atoms with Gasteiger partial charge in [0.1, 0.15) is 0 Å². The van der Waals surface area contributed by atoms with Crippen LogP contribution in [-0.2, 0) is 10.0 Å². The molecule has 2 N–H and O–H groups in total. The summed E-state index contributed by atoms with van der Waals surface area (Å²) in [7, 11) is -3.56. The summed E-state index contributed by atoms with van der Waals surface area (Å²) in [5.41, 5.74) is 0.0470. The maximum absolute atomic E-state index is 12.1. The van der Waals surface area contributed by atoms with Gasteiger partial charge in [0, 0.05) is 25.6 Å². The van der Waals surface area contributed by atoms with Gasteiger partial charge in [-0.25, -0.2) is 13.2 Å². The number of carboxylic acids is 1. The van der Waals surface area contributed by atoms with Crippen LogP contribution in [-0.4, -0.2) is 48.6 Å². The highest BCUT2D eigenvalue weighted by Gasteiger charge is 2.36. The molecule has 0 bridgehead atoms. The van der Waals surface area contributed by atoms with Crippen LogP contribution in [0.15, 0.2) is 29.2 Å². The molecule has 1 heterocycles. The Morgan fingerprint density at radius 1 is 1.28 bits per heavy atom. The number of sulfonamides is 1. The van der Waals surface area contributed by atoms with E-state index in [9.17, 15) is 13.2 Å². The molecule has 0 aromatic heterocycles. The van der Waals surface area contributed by atoms with Crippen LogP contribution < -0.4 is 0 Å². The number of benzene rings is 1. The second-order valence-electron chi connectivity index (χ2n) is 4.20. The van der Waals surface area contributed by atoms with E-state index >= 15 is 0 Å². The third-order valence-electron chi connectivity index (χ3n) is 2.92. The van der Waals surface area contributed by atoms with Gasteiger partial charge in [0.25, 0.3) is 0 Å². The SMILES string of the molecule is O=C(O)c1ccc(S(=O)(=O)N2CC(CO)C2)cc1. The van der Waals surface area contributed by atoms with Crippen molar-refractivity contribution in [2.45, 2.75) is 4.90 Å². The van der Waals surface area contributed by atoms with Crippen LogP contribution in [0.5, 0.6) is 0 Å². The third kappa shape index (κ3) is 2.24. The van der Waals surface area contributed by atoms with Crippen LogP contribution in [0.3, 0.4) is 0 Å². The summed E-state index contributed by atoms with van der Waals surface area (Å²) in [6.45, 7) is 0.586. The van der Waals surface area contributed by atoms with Crippen molar-refractivity contribution in [1.29, 1.82) is 0 Å². The van der Waals surface area contributed by atoms with Crippen molar-refractivity contribution in [3.05, 3.63) is 29.8 Å². The quantitative estimate of drug-likeness (QED) is 0.803. The first kappa shape index (κ1) is 13.0. The number of aromatic carboxylic acids is 1. The number of aliphatic hydroxyl groups is 1. The van der Waals surface area contributed by atoms with E-state index in [1.807, 2.05) is 0 Å². The number of hydrogen-bond acceptors (Lipinski definition) is 4. The summed E-state index contributed by atoms with van der Waals surface area (Å²) in [6, 6.07) is 5.09. The van der Waals surface area contributed by atoms with Crippen molar-refractivity contribution in [3.63, 3.8) is 0 Å². The molecule has 0 saturated carbocycles. The lowest BCUT2D eigenvalue weighted by Gasteiger charge is -2.36. The maximum Gasteiger partial charge on any atom is 0.335 e. The van der Waals surface area contributed by atoms with Gasteiger partial charge in [-0.2, -0.15) is 4.31 Å². The smallest absolute Gasteiger partial charge is 0.335 e. The van der Waals surface area contributed by atoms with Gasteiger partial charge in [-0.05, 0) is 24.3 Å². The predicted octanol–water partition coefficient (Wildman–Crippen LogP) is -0.00240. The Kier molecular flexibility index (Phi) is 3.38. The fourth-order valence-electron chi connectivity index (χ4n) is 1.75. The molecule has 1 aliphatic heterocycles. The van der Waals surface area contributed by atoms with Crippen molar-refractivity contribution in [2.75, 3.05) is 19.7 Å². The second kappa shape index (κ2) is 4.68. The van der Waals surface area contributed by atoms with E-state index in [1.165, 1.54) is 28.6 Å². The van der Waals surface area contributed by atoms with E-state index in [2.05, 4.69) is 0 Å². The van der Waals surface area contributed by atoms with Crippen molar-refractivity contribution < 1.29 is 23.4 Å². The molecule has 1 saturated heterocycles. The van der Waals surface area contributed by atoms with Crippen molar-refractivity contribution in [3.8, 4) is 0 Å². The molecule has 0 atom stereocenters. The molecule has 0 unspecified atom stereocenters. The molecule has 1 aromatic rings. The summed E-state index contributed by atoms with van der Waals surface area (Å²) in [5.74, 6) is -1.10. The number of carbonyl (C=O) groups is 1. The zero-order valence-electron chi connectivity index (χ0n) is 9.48.